The fraction of sp³-hybridized carbons (Fsp3) is 0.625. The number of hydrogen-bond donors (Lipinski definition) is 0. The van der Waals surface area contributed by atoms with Gasteiger partial charge in [0.25, 0.3) is 0 Å². The fourth-order valence-electron chi connectivity index (χ4n) is 2.11. The minimum Gasteiger partial charge on any atom is -0.207 e. The molecule has 1 fully saturated rings. The molecule has 0 aromatic heterocycles. The van der Waals surface area contributed by atoms with Crippen LogP contribution in [-0.2, 0) is 10.0 Å². The molecule has 0 bridgehead atoms. The predicted octanol–water partition coefficient (Wildman–Crippen LogP) is 4.88. The summed E-state index contributed by atoms with van der Waals surface area (Å²) in [5, 5.41) is 0.503. The highest BCUT2D eigenvalue weighted by atomic mass is 35.5. The van der Waals surface area contributed by atoms with Crippen LogP contribution < -0.4 is 0 Å². The summed E-state index contributed by atoms with van der Waals surface area (Å²) in [5.41, 5.74) is 0.639. The van der Waals surface area contributed by atoms with E-state index in [1.165, 1.54) is 0 Å². The van der Waals surface area contributed by atoms with E-state index in [0.29, 0.717) is 28.6 Å². The second-order valence-electron chi connectivity index (χ2n) is 4.33. The summed E-state index contributed by atoms with van der Waals surface area (Å²) in [6, 6.07) is 5.03. The van der Waals surface area contributed by atoms with E-state index in [1.807, 2.05) is 27.7 Å². The second-order valence-corrected chi connectivity index (χ2v) is 6.64. The first-order valence-corrected chi connectivity index (χ1v) is 9.60. The summed E-state index contributed by atoms with van der Waals surface area (Å²) in [6.07, 6.45) is 3.00. The Morgan fingerprint density at radius 1 is 1.00 bits per heavy atom. The highest BCUT2D eigenvalue weighted by molar-refractivity contribution is 7.89. The van der Waals surface area contributed by atoms with Crippen molar-refractivity contribution in [2.24, 2.45) is 0 Å². The number of nitrogens with zero attached hydrogens (tertiary/aromatic N) is 1. The van der Waals surface area contributed by atoms with Crippen molar-refractivity contribution >= 4 is 21.6 Å². The summed E-state index contributed by atoms with van der Waals surface area (Å²) >= 11 is 5.98. The normalized spacial score (nSPS) is 15.3. The van der Waals surface area contributed by atoms with Crippen molar-refractivity contribution in [3.05, 3.63) is 28.8 Å². The van der Waals surface area contributed by atoms with Crippen LogP contribution in [0.2, 0.25) is 5.02 Å². The van der Waals surface area contributed by atoms with Crippen molar-refractivity contribution in [2.45, 2.75) is 58.8 Å². The Morgan fingerprint density at radius 3 is 2.05 bits per heavy atom. The van der Waals surface area contributed by atoms with Crippen LogP contribution in [0.1, 0.15) is 52.5 Å². The Morgan fingerprint density at radius 2 is 1.52 bits per heavy atom. The summed E-state index contributed by atoms with van der Waals surface area (Å²) in [7, 11) is -3.37. The van der Waals surface area contributed by atoms with Gasteiger partial charge in [-0.1, -0.05) is 51.8 Å². The van der Waals surface area contributed by atoms with Crippen LogP contribution in [0.15, 0.2) is 23.1 Å². The van der Waals surface area contributed by atoms with Crippen molar-refractivity contribution < 1.29 is 8.42 Å². The molecule has 1 heterocycles. The topological polar surface area (TPSA) is 37.4 Å². The van der Waals surface area contributed by atoms with Gasteiger partial charge in [0.1, 0.15) is 0 Å². The maximum Gasteiger partial charge on any atom is 0.243 e. The first-order chi connectivity index (χ1) is 10.0. The van der Waals surface area contributed by atoms with E-state index in [-0.39, 0.29) is 0 Å². The summed E-state index contributed by atoms with van der Waals surface area (Å²) in [6.45, 7) is 11.0. The molecule has 1 aromatic carbocycles. The molecule has 0 spiro atoms. The van der Waals surface area contributed by atoms with Crippen LogP contribution in [0.4, 0.5) is 0 Å². The molecule has 1 saturated heterocycles. The van der Waals surface area contributed by atoms with Crippen molar-refractivity contribution in [1.82, 2.24) is 4.31 Å². The van der Waals surface area contributed by atoms with Gasteiger partial charge in [-0.05, 0) is 37.5 Å². The molecule has 0 aliphatic carbocycles. The number of benzene rings is 1. The van der Waals surface area contributed by atoms with Gasteiger partial charge in [-0.25, -0.2) is 8.42 Å². The maximum atomic E-state index is 12.4. The van der Waals surface area contributed by atoms with Gasteiger partial charge in [0.05, 0.1) is 4.90 Å². The van der Waals surface area contributed by atoms with Crippen LogP contribution in [0.25, 0.3) is 0 Å². The van der Waals surface area contributed by atoms with Crippen LogP contribution in [-0.4, -0.2) is 25.8 Å². The number of halogens is 1. The second kappa shape index (κ2) is 10.2. The molecule has 0 radical (unpaired) electrons. The summed E-state index contributed by atoms with van der Waals surface area (Å²) in [5.74, 6) is 0. The number of hydrogen-bond acceptors (Lipinski definition) is 2. The zero-order chi connectivity index (χ0) is 16.5. The van der Waals surface area contributed by atoms with E-state index < -0.39 is 10.0 Å². The van der Waals surface area contributed by atoms with Gasteiger partial charge in [-0.2, -0.15) is 4.31 Å². The molecule has 0 N–H and O–H groups in total. The molecule has 0 atom stereocenters. The largest absolute Gasteiger partial charge is 0.243 e. The molecule has 1 aliphatic heterocycles. The lowest BCUT2D eigenvalue weighted by Gasteiger charge is -2.26. The van der Waals surface area contributed by atoms with Gasteiger partial charge in [0.2, 0.25) is 10.0 Å². The van der Waals surface area contributed by atoms with Crippen molar-refractivity contribution in [3.63, 3.8) is 0 Å². The first-order valence-electron chi connectivity index (χ1n) is 7.79. The monoisotopic (exact) mass is 333 g/mol. The van der Waals surface area contributed by atoms with Gasteiger partial charge in [0, 0.05) is 18.1 Å². The zero-order valence-electron chi connectivity index (χ0n) is 13.8. The molecule has 0 amide bonds. The molecular weight excluding hydrogens is 306 g/mol. The zero-order valence-corrected chi connectivity index (χ0v) is 15.4. The number of rotatable bonds is 2. The Labute approximate surface area is 135 Å². The lowest BCUT2D eigenvalue weighted by molar-refractivity contribution is 0.346. The predicted molar refractivity (Wildman–Crippen MR) is 91.5 cm³/mol. The number of piperidine rings is 1. The minimum absolute atomic E-state index is 0.340. The molecule has 3 nitrogen and oxygen atoms in total. The van der Waals surface area contributed by atoms with Crippen molar-refractivity contribution in [3.8, 4) is 0 Å². The summed E-state index contributed by atoms with van der Waals surface area (Å²) in [4.78, 5) is 0.340. The molecule has 0 saturated carbocycles. The van der Waals surface area contributed by atoms with Crippen LogP contribution in [0.5, 0.6) is 0 Å². The van der Waals surface area contributed by atoms with Gasteiger partial charge in [0.15, 0.2) is 0 Å². The SMILES string of the molecule is CC.CC.Cc1c(Cl)cccc1S(=O)(=O)N1CCCCC1. The van der Waals surface area contributed by atoms with Gasteiger partial charge in [-0.15, -0.1) is 0 Å². The molecule has 21 heavy (non-hydrogen) atoms. The smallest absolute Gasteiger partial charge is 0.207 e. The molecule has 0 unspecified atom stereocenters. The highest BCUT2D eigenvalue weighted by Crippen LogP contribution is 2.27. The lowest BCUT2D eigenvalue weighted by atomic mass is 10.2. The minimum atomic E-state index is -3.37. The molecule has 1 aliphatic rings. The third-order valence-electron chi connectivity index (χ3n) is 3.15. The molecule has 2 rings (SSSR count). The van der Waals surface area contributed by atoms with Crippen molar-refractivity contribution in [2.75, 3.05) is 13.1 Å². The molecule has 122 valence electrons. The van der Waals surface area contributed by atoms with E-state index >= 15 is 0 Å². The number of sulfonamides is 1. The fourth-order valence-corrected chi connectivity index (χ4v) is 4.11. The maximum absolute atomic E-state index is 12.4. The van der Waals surface area contributed by atoms with Crippen LogP contribution in [0.3, 0.4) is 0 Å². The molecular formula is C16H28ClNO2S. The lowest BCUT2D eigenvalue weighted by Crippen LogP contribution is -2.35. The summed E-state index contributed by atoms with van der Waals surface area (Å²) < 4.78 is 26.4. The van der Waals surface area contributed by atoms with Gasteiger partial charge in [-0.3, -0.25) is 0 Å². The van der Waals surface area contributed by atoms with E-state index in [0.717, 1.165) is 19.3 Å². The first kappa shape index (κ1) is 20.4. The van der Waals surface area contributed by atoms with E-state index in [2.05, 4.69) is 0 Å². The average Bonchev–Trinajstić information content (AvgIpc) is 2.54. The Hall–Kier alpha value is -0.580. The Balaban J connectivity index is 0.000000921. The van der Waals surface area contributed by atoms with E-state index in [4.69, 9.17) is 11.6 Å². The molecule has 1 aromatic rings. The average molecular weight is 334 g/mol. The Kier molecular flexibility index (Phi) is 9.92. The third kappa shape index (κ3) is 5.28. The van der Waals surface area contributed by atoms with E-state index in [9.17, 15) is 8.42 Å². The van der Waals surface area contributed by atoms with Gasteiger partial charge >= 0.3 is 0 Å². The molecule has 5 heteroatoms. The van der Waals surface area contributed by atoms with E-state index in [1.54, 1.807) is 29.4 Å². The third-order valence-corrected chi connectivity index (χ3v) is 5.60. The van der Waals surface area contributed by atoms with Crippen LogP contribution >= 0.6 is 11.6 Å². The van der Waals surface area contributed by atoms with Crippen LogP contribution in [0, 0.1) is 6.92 Å². The van der Waals surface area contributed by atoms with Gasteiger partial charge < -0.3 is 0 Å². The Bertz CT molecular complexity index is 509. The quantitative estimate of drug-likeness (QED) is 0.773. The highest BCUT2D eigenvalue weighted by Gasteiger charge is 2.27. The standard InChI is InChI=1S/C12H16ClNO2S.2C2H6/c1-10-11(13)6-5-7-12(10)17(15,16)14-8-3-2-4-9-14;2*1-2/h5-7H,2-4,8-9H2,1H3;2*1-2H3. The van der Waals surface area contributed by atoms with Crippen molar-refractivity contribution in [1.29, 1.82) is 0 Å².